The first kappa shape index (κ1) is 13.8. The fourth-order valence-corrected chi connectivity index (χ4v) is 2.89. The van der Waals surface area contributed by atoms with Crippen molar-refractivity contribution in [3.8, 4) is 11.4 Å². The number of rotatable bonds is 0. The topological polar surface area (TPSA) is 34.9 Å². The van der Waals surface area contributed by atoms with Gasteiger partial charge >= 0.3 is 0 Å². The summed E-state index contributed by atoms with van der Waals surface area (Å²) in [5.41, 5.74) is 1.72. The molecule has 0 radical (unpaired) electrons. The average molecular weight is 280 g/mol. The summed E-state index contributed by atoms with van der Waals surface area (Å²) in [6.45, 7) is 6.22. The van der Waals surface area contributed by atoms with Crippen LogP contribution in [0.25, 0.3) is 23.5 Å². The van der Waals surface area contributed by atoms with Gasteiger partial charge in [-0.15, -0.1) is 0 Å². The Morgan fingerprint density at radius 1 is 1.10 bits per heavy atom. The van der Waals surface area contributed by atoms with Gasteiger partial charge in [-0.25, -0.2) is 4.98 Å². The summed E-state index contributed by atoms with van der Waals surface area (Å²) in [6.07, 6.45) is 6.34. The molecule has 0 saturated carbocycles. The number of benzene rings is 1. The Labute approximate surface area is 124 Å². The van der Waals surface area contributed by atoms with Gasteiger partial charge in [0.15, 0.2) is 0 Å². The molecule has 0 saturated heterocycles. The maximum atomic E-state index is 12.5. The second-order valence-corrected chi connectivity index (χ2v) is 5.38. The number of carbonyl (C=O) groups excluding carboxylic acids is 1. The highest BCUT2D eigenvalue weighted by Crippen LogP contribution is 2.27. The molecule has 0 amide bonds. The van der Waals surface area contributed by atoms with E-state index in [1.807, 2.05) is 38.1 Å². The van der Waals surface area contributed by atoms with Crippen LogP contribution in [0.1, 0.15) is 44.0 Å². The van der Waals surface area contributed by atoms with Gasteiger partial charge in [-0.2, -0.15) is 0 Å². The van der Waals surface area contributed by atoms with E-state index in [2.05, 4.69) is 24.1 Å². The standard InChI is InChI=1S/C16H14N2O.C2H6/c1-10-6-8-13-14(9-7-10)18-15(17-13)11-4-2-3-5-12(11)16(18)19;1-2/h2-5,8-10H,6-7H2,1H3;1-2H3. The van der Waals surface area contributed by atoms with Crippen molar-refractivity contribution in [3.05, 3.63) is 40.5 Å². The van der Waals surface area contributed by atoms with Gasteiger partial charge in [-0.05, 0) is 24.8 Å². The monoisotopic (exact) mass is 280 g/mol. The smallest absolute Gasteiger partial charge is 0.264 e. The minimum atomic E-state index is 0.0542. The zero-order valence-electron chi connectivity index (χ0n) is 12.8. The van der Waals surface area contributed by atoms with Gasteiger partial charge in [0.2, 0.25) is 0 Å². The van der Waals surface area contributed by atoms with Crippen LogP contribution in [-0.4, -0.2) is 15.5 Å². The summed E-state index contributed by atoms with van der Waals surface area (Å²) in [4.78, 5) is 17.2. The number of hydrogen-bond acceptors (Lipinski definition) is 2. The molecule has 4 rings (SSSR count). The summed E-state index contributed by atoms with van der Waals surface area (Å²) in [5.74, 6) is 1.47. The first-order valence-electron chi connectivity index (χ1n) is 7.69. The molecule has 3 heteroatoms. The molecular formula is C18H20N2O. The van der Waals surface area contributed by atoms with E-state index in [1.165, 1.54) is 0 Å². The lowest BCUT2D eigenvalue weighted by atomic mass is 10.1. The Morgan fingerprint density at radius 3 is 2.52 bits per heavy atom. The minimum Gasteiger partial charge on any atom is -0.268 e. The van der Waals surface area contributed by atoms with Gasteiger partial charge in [0.25, 0.3) is 5.91 Å². The molecule has 2 aliphatic rings. The quantitative estimate of drug-likeness (QED) is 0.634. The molecule has 21 heavy (non-hydrogen) atoms. The van der Waals surface area contributed by atoms with Crippen LogP contribution in [0, 0.1) is 5.92 Å². The van der Waals surface area contributed by atoms with Crippen LogP contribution in [0.2, 0.25) is 0 Å². The Balaban J connectivity index is 0.000000636. The van der Waals surface area contributed by atoms with Gasteiger partial charge < -0.3 is 0 Å². The lowest BCUT2D eigenvalue weighted by Gasteiger charge is -2.01. The molecule has 0 fully saturated rings. The highest BCUT2D eigenvalue weighted by Gasteiger charge is 2.28. The van der Waals surface area contributed by atoms with Crippen LogP contribution in [0.3, 0.4) is 0 Å². The largest absolute Gasteiger partial charge is 0.268 e. The van der Waals surface area contributed by atoms with Gasteiger partial charge in [0.1, 0.15) is 5.82 Å². The molecule has 1 aliphatic carbocycles. The third kappa shape index (κ3) is 2.04. The summed E-state index contributed by atoms with van der Waals surface area (Å²) in [7, 11) is 0. The molecule has 1 unspecified atom stereocenters. The first-order valence-corrected chi connectivity index (χ1v) is 7.69. The maximum Gasteiger partial charge on any atom is 0.264 e. The van der Waals surface area contributed by atoms with Crippen LogP contribution >= 0.6 is 0 Å². The molecule has 0 N–H and O–H groups in total. The van der Waals surface area contributed by atoms with E-state index in [-0.39, 0.29) is 5.91 Å². The lowest BCUT2D eigenvalue weighted by molar-refractivity contribution is 0.0966. The van der Waals surface area contributed by atoms with Crippen LogP contribution in [-0.2, 0) is 0 Å². The third-order valence-corrected chi connectivity index (χ3v) is 3.97. The normalized spacial score (nSPS) is 18.2. The molecule has 0 bridgehead atoms. The highest BCUT2D eigenvalue weighted by atomic mass is 16.2. The molecule has 2 aromatic rings. The Bertz CT molecular complexity index is 814. The zero-order chi connectivity index (χ0) is 15.0. The van der Waals surface area contributed by atoms with Gasteiger partial charge in [-0.1, -0.05) is 51.1 Å². The van der Waals surface area contributed by atoms with Crippen molar-refractivity contribution in [1.82, 2.24) is 9.55 Å². The summed E-state index contributed by atoms with van der Waals surface area (Å²) in [5, 5.41) is 1.93. The van der Waals surface area contributed by atoms with E-state index in [9.17, 15) is 4.79 Å². The van der Waals surface area contributed by atoms with Crippen molar-refractivity contribution in [3.63, 3.8) is 0 Å². The molecule has 0 spiro atoms. The van der Waals surface area contributed by atoms with E-state index in [4.69, 9.17) is 0 Å². The van der Waals surface area contributed by atoms with Gasteiger partial charge in [0.05, 0.1) is 16.3 Å². The highest BCUT2D eigenvalue weighted by molar-refractivity contribution is 6.08. The van der Waals surface area contributed by atoms with Gasteiger partial charge in [-0.3, -0.25) is 9.36 Å². The van der Waals surface area contributed by atoms with E-state index < -0.39 is 0 Å². The maximum absolute atomic E-state index is 12.5. The van der Waals surface area contributed by atoms with Crippen molar-refractivity contribution in [2.45, 2.75) is 33.6 Å². The van der Waals surface area contributed by atoms with Crippen LogP contribution < -0.4 is 10.7 Å². The molecule has 1 atom stereocenters. The number of hydrogen-bond donors (Lipinski definition) is 0. The lowest BCUT2D eigenvalue weighted by Crippen LogP contribution is -2.32. The molecule has 1 aromatic carbocycles. The van der Waals surface area contributed by atoms with Crippen LogP contribution in [0.4, 0.5) is 0 Å². The predicted molar refractivity (Wildman–Crippen MR) is 85.3 cm³/mol. The second kappa shape index (κ2) is 5.32. The minimum absolute atomic E-state index is 0.0542. The summed E-state index contributed by atoms with van der Waals surface area (Å²) >= 11 is 0. The molecular weight excluding hydrogens is 260 g/mol. The van der Waals surface area contributed by atoms with Crippen molar-refractivity contribution in [2.75, 3.05) is 0 Å². The first-order chi connectivity index (χ1) is 10.3. The molecule has 3 nitrogen and oxygen atoms in total. The zero-order valence-corrected chi connectivity index (χ0v) is 12.8. The van der Waals surface area contributed by atoms with Crippen molar-refractivity contribution in [1.29, 1.82) is 0 Å². The van der Waals surface area contributed by atoms with Crippen LogP contribution in [0.15, 0.2) is 24.3 Å². The van der Waals surface area contributed by atoms with E-state index in [1.54, 1.807) is 4.57 Å². The van der Waals surface area contributed by atoms with Crippen LogP contribution in [0.5, 0.6) is 0 Å². The Hall–Kier alpha value is -2.16. The fourth-order valence-electron chi connectivity index (χ4n) is 2.89. The molecule has 2 heterocycles. The SMILES string of the molecule is CC.CC1CC=c2nc3n(c2=CC1)C(=O)c1ccccc1-3. The van der Waals surface area contributed by atoms with Gasteiger partial charge in [0, 0.05) is 5.56 Å². The van der Waals surface area contributed by atoms with Crippen molar-refractivity contribution >= 4 is 18.1 Å². The number of nitrogens with zero attached hydrogens (tertiary/aromatic N) is 2. The van der Waals surface area contributed by atoms with E-state index in [0.717, 1.165) is 40.5 Å². The van der Waals surface area contributed by atoms with Crippen molar-refractivity contribution in [2.24, 2.45) is 5.92 Å². The number of imidazole rings is 1. The van der Waals surface area contributed by atoms with E-state index in [0.29, 0.717) is 5.92 Å². The number of carbonyl (C=O) groups is 1. The molecule has 108 valence electrons. The fraction of sp³-hybridized carbons (Fsp3) is 0.333. The second-order valence-electron chi connectivity index (χ2n) is 5.38. The predicted octanol–water partition coefficient (Wildman–Crippen LogP) is 2.57. The summed E-state index contributed by atoms with van der Waals surface area (Å²) in [6, 6.07) is 7.71. The number of aromatic nitrogens is 2. The van der Waals surface area contributed by atoms with Crippen molar-refractivity contribution < 1.29 is 4.79 Å². The average Bonchev–Trinajstić information content (AvgIpc) is 2.95. The Kier molecular flexibility index (Phi) is 3.50. The third-order valence-electron chi connectivity index (χ3n) is 3.97. The number of fused-ring (bicyclic) bond motifs is 5. The molecule has 1 aliphatic heterocycles. The Morgan fingerprint density at radius 2 is 1.76 bits per heavy atom. The summed E-state index contributed by atoms with van der Waals surface area (Å²) < 4.78 is 1.77. The van der Waals surface area contributed by atoms with E-state index >= 15 is 0 Å². The molecule has 1 aromatic heterocycles.